The SMILES string of the molecule is NC(CNC(=O)Cc1c(F)cccc1F)C1CC1. The number of hydrogen-bond donors (Lipinski definition) is 2. The molecular formula is C13H16F2N2O. The van der Waals surface area contributed by atoms with E-state index in [1.165, 1.54) is 6.07 Å². The van der Waals surface area contributed by atoms with Gasteiger partial charge in [0, 0.05) is 18.2 Å². The van der Waals surface area contributed by atoms with Crippen molar-refractivity contribution in [1.82, 2.24) is 5.32 Å². The maximum atomic E-state index is 13.3. The van der Waals surface area contributed by atoms with Gasteiger partial charge in [0.15, 0.2) is 0 Å². The van der Waals surface area contributed by atoms with Gasteiger partial charge in [-0.3, -0.25) is 4.79 Å². The monoisotopic (exact) mass is 254 g/mol. The third kappa shape index (κ3) is 3.26. The number of carbonyl (C=O) groups excluding carboxylic acids is 1. The summed E-state index contributed by atoms with van der Waals surface area (Å²) in [5.41, 5.74) is 5.62. The van der Waals surface area contributed by atoms with E-state index in [1.54, 1.807) is 0 Å². The van der Waals surface area contributed by atoms with Gasteiger partial charge in [-0.2, -0.15) is 0 Å². The lowest BCUT2D eigenvalue weighted by Crippen LogP contribution is -2.39. The molecule has 0 bridgehead atoms. The van der Waals surface area contributed by atoms with E-state index < -0.39 is 17.5 Å². The highest BCUT2D eigenvalue weighted by Gasteiger charge is 2.28. The lowest BCUT2D eigenvalue weighted by molar-refractivity contribution is -0.120. The zero-order chi connectivity index (χ0) is 13.1. The van der Waals surface area contributed by atoms with Crippen LogP contribution in [0.15, 0.2) is 18.2 Å². The average molecular weight is 254 g/mol. The van der Waals surface area contributed by atoms with Gasteiger partial charge in [-0.15, -0.1) is 0 Å². The molecule has 0 saturated heterocycles. The fourth-order valence-corrected chi connectivity index (χ4v) is 1.85. The number of benzene rings is 1. The van der Waals surface area contributed by atoms with Crippen molar-refractivity contribution in [3.05, 3.63) is 35.4 Å². The molecule has 1 aliphatic carbocycles. The molecule has 0 aromatic heterocycles. The van der Waals surface area contributed by atoms with Gasteiger partial charge in [0.05, 0.1) is 6.42 Å². The highest BCUT2D eigenvalue weighted by Crippen LogP contribution is 2.31. The Morgan fingerprint density at radius 2 is 2.00 bits per heavy atom. The van der Waals surface area contributed by atoms with Crippen molar-refractivity contribution in [2.24, 2.45) is 11.7 Å². The fraction of sp³-hybridized carbons (Fsp3) is 0.462. The van der Waals surface area contributed by atoms with Crippen LogP contribution in [0.25, 0.3) is 0 Å². The van der Waals surface area contributed by atoms with E-state index in [1.807, 2.05) is 0 Å². The summed E-state index contributed by atoms with van der Waals surface area (Å²) in [5.74, 6) is -1.32. The summed E-state index contributed by atoms with van der Waals surface area (Å²) in [7, 11) is 0. The molecule has 1 fully saturated rings. The molecule has 1 unspecified atom stereocenters. The first-order valence-corrected chi connectivity index (χ1v) is 6.03. The van der Waals surface area contributed by atoms with Gasteiger partial charge in [0.2, 0.25) is 5.91 Å². The Morgan fingerprint density at radius 3 is 2.56 bits per heavy atom. The van der Waals surface area contributed by atoms with Crippen molar-refractivity contribution in [3.8, 4) is 0 Å². The number of nitrogens with two attached hydrogens (primary N) is 1. The molecule has 0 aliphatic heterocycles. The maximum absolute atomic E-state index is 13.3. The molecule has 1 aromatic carbocycles. The third-order valence-corrected chi connectivity index (χ3v) is 3.16. The molecule has 1 amide bonds. The molecule has 1 saturated carbocycles. The van der Waals surface area contributed by atoms with E-state index in [0.717, 1.165) is 25.0 Å². The van der Waals surface area contributed by atoms with Crippen LogP contribution in [-0.2, 0) is 11.2 Å². The molecule has 18 heavy (non-hydrogen) atoms. The molecule has 3 N–H and O–H groups in total. The lowest BCUT2D eigenvalue weighted by Gasteiger charge is -2.12. The molecule has 5 heteroatoms. The van der Waals surface area contributed by atoms with Crippen molar-refractivity contribution < 1.29 is 13.6 Å². The second-order valence-electron chi connectivity index (χ2n) is 4.68. The predicted molar refractivity (Wildman–Crippen MR) is 63.8 cm³/mol. The molecule has 0 heterocycles. The van der Waals surface area contributed by atoms with Gasteiger partial charge < -0.3 is 11.1 Å². The summed E-state index contributed by atoms with van der Waals surface area (Å²) in [5, 5.41) is 2.61. The van der Waals surface area contributed by atoms with Crippen LogP contribution in [0.5, 0.6) is 0 Å². The first-order valence-electron chi connectivity index (χ1n) is 6.03. The summed E-state index contributed by atoms with van der Waals surface area (Å²) in [6, 6.07) is 3.50. The van der Waals surface area contributed by atoms with Gasteiger partial charge in [-0.1, -0.05) is 6.07 Å². The van der Waals surface area contributed by atoms with Crippen LogP contribution in [0, 0.1) is 17.6 Å². The summed E-state index contributed by atoms with van der Waals surface area (Å²) in [6.45, 7) is 0.361. The van der Waals surface area contributed by atoms with Crippen LogP contribution >= 0.6 is 0 Å². The summed E-state index contributed by atoms with van der Waals surface area (Å²) in [6.07, 6.45) is 1.90. The predicted octanol–water partition coefficient (Wildman–Crippen LogP) is 1.36. The van der Waals surface area contributed by atoms with Crippen LogP contribution < -0.4 is 11.1 Å². The van der Waals surface area contributed by atoms with Crippen LogP contribution in [0.2, 0.25) is 0 Å². The third-order valence-electron chi connectivity index (χ3n) is 3.16. The van der Waals surface area contributed by atoms with Crippen molar-refractivity contribution in [1.29, 1.82) is 0 Å². The Bertz CT molecular complexity index is 426. The van der Waals surface area contributed by atoms with Crippen LogP contribution in [0.3, 0.4) is 0 Å². The minimum absolute atomic E-state index is 0.0561. The zero-order valence-electron chi connectivity index (χ0n) is 9.96. The van der Waals surface area contributed by atoms with E-state index in [9.17, 15) is 13.6 Å². The van der Waals surface area contributed by atoms with Crippen molar-refractivity contribution >= 4 is 5.91 Å². The summed E-state index contributed by atoms with van der Waals surface area (Å²) < 4.78 is 26.6. The summed E-state index contributed by atoms with van der Waals surface area (Å²) in [4.78, 5) is 11.6. The van der Waals surface area contributed by atoms with E-state index >= 15 is 0 Å². The minimum Gasteiger partial charge on any atom is -0.354 e. The van der Waals surface area contributed by atoms with E-state index in [4.69, 9.17) is 5.73 Å². The lowest BCUT2D eigenvalue weighted by atomic mass is 10.1. The fourth-order valence-electron chi connectivity index (χ4n) is 1.85. The highest BCUT2D eigenvalue weighted by molar-refractivity contribution is 5.78. The van der Waals surface area contributed by atoms with E-state index in [0.29, 0.717) is 12.5 Å². The molecule has 98 valence electrons. The minimum atomic E-state index is -0.698. The Kier molecular flexibility index (Phi) is 3.91. The standard InChI is InChI=1S/C13H16F2N2O/c14-10-2-1-3-11(15)9(10)6-13(18)17-7-12(16)8-4-5-8/h1-3,8,12H,4-7,16H2,(H,17,18). The number of nitrogens with one attached hydrogen (secondary N) is 1. The molecule has 1 aromatic rings. The maximum Gasteiger partial charge on any atom is 0.224 e. The van der Waals surface area contributed by atoms with Gasteiger partial charge in [0.25, 0.3) is 0 Å². The van der Waals surface area contributed by atoms with Crippen molar-refractivity contribution in [2.45, 2.75) is 25.3 Å². The summed E-state index contributed by atoms with van der Waals surface area (Å²) >= 11 is 0. The van der Waals surface area contributed by atoms with Gasteiger partial charge in [-0.25, -0.2) is 8.78 Å². The second kappa shape index (κ2) is 5.44. The molecular weight excluding hydrogens is 238 g/mol. The molecule has 2 rings (SSSR count). The Morgan fingerprint density at radius 1 is 1.39 bits per heavy atom. The molecule has 1 aliphatic rings. The molecule has 1 atom stereocenters. The normalized spacial score (nSPS) is 16.4. The first kappa shape index (κ1) is 13.0. The van der Waals surface area contributed by atoms with E-state index in [-0.39, 0.29) is 18.0 Å². The first-order chi connectivity index (χ1) is 8.58. The number of halogens is 2. The highest BCUT2D eigenvalue weighted by atomic mass is 19.1. The number of amides is 1. The van der Waals surface area contributed by atoms with Crippen LogP contribution in [0.4, 0.5) is 8.78 Å². The van der Waals surface area contributed by atoms with Gasteiger partial charge >= 0.3 is 0 Å². The van der Waals surface area contributed by atoms with Crippen molar-refractivity contribution in [3.63, 3.8) is 0 Å². The number of carbonyl (C=O) groups is 1. The van der Waals surface area contributed by atoms with Gasteiger partial charge in [0.1, 0.15) is 11.6 Å². The topological polar surface area (TPSA) is 55.1 Å². The van der Waals surface area contributed by atoms with Crippen molar-refractivity contribution in [2.75, 3.05) is 6.54 Å². The average Bonchev–Trinajstić information content (AvgIpc) is 3.15. The quantitative estimate of drug-likeness (QED) is 0.833. The van der Waals surface area contributed by atoms with Gasteiger partial charge in [-0.05, 0) is 30.9 Å². The molecule has 0 spiro atoms. The Balaban J connectivity index is 1.86. The molecule has 0 radical (unpaired) electrons. The van der Waals surface area contributed by atoms with Crippen LogP contribution in [0.1, 0.15) is 18.4 Å². The Hall–Kier alpha value is -1.49. The zero-order valence-corrected chi connectivity index (χ0v) is 9.96. The number of hydrogen-bond acceptors (Lipinski definition) is 2. The van der Waals surface area contributed by atoms with E-state index in [2.05, 4.69) is 5.32 Å². The number of rotatable bonds is 5. The smallest absolute Gasteiger partial charge is 0.224 e. The largest absolute Gasteiger partial charge is 0.354 e. The Labute approximate surface area is 104 Å². The second-order valence-corrected chi connectivity index (χ2v) is 4.68. The van der Waals surface area contributed by atoms with Crippen LogP contribution in [-0.4, -0.2) is 18.5 Å². The molecule has 3 nitrogen and oxygen atoms in total.